The van der Waals surface area contributed by atoms with Crippen LogP contribution in [0.3, 0.4) is 0 Å². The minimum absolute atomic E-state index is 0.0284. The quantitative estimate of drug-likeness (QED) is 0.227. The summed E-state index contributed by atoms with van der Waals surface area (Å²) in [6.07, 6.45) is 6.10. The Morgan fingerprint density at radius 1 is 1.03 bits per heavy atom. The molecule has 0 aliphatic carbocycles. The molecule has 0 bridgehead atoms. The Kier molecular flexibility index (Phi) is 9.79. The van der Waals surface area contributed by atoms with Gasteiger partial charge in [0.05, 0.1) is 13.4 Å². The highest BCUT2D eigenvalue weighted by Gasteiger charge is 2.45. The molecule has 0 saturated carbocycles. The van der Waals surface area contributed by atoms with E-state index >= 15 is 0 Å². The summed E-state index contributed by atoms with van der Waals surface area (Å²) in [6, 6.07) is 6.98. The average Bonchev–Trinajstić information content (AvgIpc) is 3.04. The van der Waals surface area contributed by atoms with Gasteiger partial charge in [0.2, 0.25) is 0 Å². The second-order valence-electron chi connectivity index (χ2n) is 9.77. The van der Waals surface area contributed by atoms with E-state index in [-0.39, 0.29) is 19.6 Å². The Morgan fingerprint density at radius 3 is 2.12 bits per heavy atom. The zero-order valence-electron chi connectivity index (χ0n) is 20.6. The SMILES string of the molecule is COc1ccc(OCC2(COS(C)(=O)=O)C/C(=C\CC(CC(C)C)CC(C)C)C(=O)O2)cc1. The molecule has 1 aliphatic rings. The lowest BCUT2D eigenvalue weighted by Crippen LogP contribution is -2.41. The molecule has 0 spiro atoms. The monoisotopic (exact) mass is 482 g/mol. The van der Waals surface area contributed by atoms with Gasteiger partial charge < -0.3 is 14.2 Å². The molecule has 0 radical (unpaired) electrons. The van der Waals surface area contributed by atoms with Gasteiger partial charge in [-0.25, -0.2) is 4.79 Å². The van der Waals surface area contributed by atoms with E-state index in [0.29, 0.717) is 34.8 Å². The summed E-state index contributed by atoms with van der Waals surface area (Å²) in [4.78, 5) is 12.7. The predicted molar refractivity (Wildman–Crippen MR) is 128 cm³/mol. The summed E-state index contributed by atoms with van der Waals surface area (Å²) < 4.78 is 45.0. The first kappa shape index (κ1) is 27.2. The maximum Gasteiger partial charge on any atom is 0.334 e. The van der Waals surface area contributed by atoms with E-state index < -0.39 is 21.7 Å². The van der Waals surface area contributed by atoms with E-state index in [2.05, 4.69) is 27.7 Å². The fraction of sp³-hybridized carbons (Fsp3) is 0.640. The van der Waals surface area contributed by atoms with Gasteiger partial charge in [-0.15, -0.1) is 0 Å². The Labute approximate surface area is 198 Å². The Balaban J connectivity index is 2.16. The van der Waals surface area contributed by atoms with E-state index in [0.717, 1.165) is 25.5 Å². The van der Waals surface area contributed by atoms with Crippen molar-refractivity contribution in [1.29, 1.82) is 0 Å². The normalized spacial score (nSPS) is 20.2. The van der Waals surface area contributed by atoms with E-state index in [9.17, 15) is 13.2 Å². The third kappa shape index (κ3) is 9.37. The van der Waals surface area contributed by atoms with Crippen molar-refractivity contribution < 1.29 is 31.6 Å². The van der Waals surface area contributed by atoms with Crippen molar-refractivity contribution in [3.63, 3.8) is 0 Å². The second-order valence-corrected chi connectivity index (χ2v) is 11.4. The Morgan fingerprint density at radius 2 is 1.61 bits per heavy atom. The predicted octanol–water partition coefficient (Wildman–Crippen LogP) is 4.76. The highest BCUT2D eigenvalue weighted by atomic mass is 32.2. The summed E-state index contributed by atoms with van der Waals surface area (Å²) in [7, 11) is -2.14. The van der Waals surface area contributed by atoms with Crippen LogP contribution in [0, 0.1) is 17.8 Å². The van der Waals surface area contributed by atoms with Crippen molar-refractivity contribution in [1.82, 2.24) is 0 Å². The molecule has 1 fully saturated rings. The van der Waals surface area contributed by atoms with Crippen molar-refractivity contribution in [3.8, 4) is 11.5 Å². The third-order valence-electron chi connectivity index (χ3n) is 5.49. The van der Waals surface area contributed by atoms with Gasteiger partial charge in [0.25, 0.3) is 10.1 Å². The molecule has 1 atom stereocenters. The number of hydrogen-bond acceptors (Lipinski definition) is 7. The van der Waals surface area contributed by atoms with Gasteiger partial charge in [-0.2, -0.15) is 8.42 Å². The minimum atomic E-state index is -3.71. The van der Waals surface area contributed by atoms with E-state index in [1.54, 1.807) is 31.4 Å². The molecule has 2 rings (SSSR count). The maximum atomic E-state index is 12.7. The van der Waals surface area contributed by atoms with E-state index in [1.165, 1.54) is 0 Å². The van der Waals surface area contributed by atoms with Crippen LogP contribution in [0.5, 0.6) is 11.5 Å². The first-order chi connectivity index (χ1) is 15.4. The molecule has 1 aromatic carbocycles. The lowest BCUT2D eigenvalue weighted by molar-refractivity contribution is -0.152. The molecule has 1 saturated heterocycles. The number of allylic oxidation sites excluding steroid dienone is 1. The number of methoxy groups -OCH3 is 1. The van der Waals surface area contributed by atoms with Crippen LogP contribution in [0.2, 0.25) is 0 Å². The van der Waals surface area contributed by atoms with Gasteiger partial charge in [-0.3, -0.25) is 4.18 Å². The molecule has 0 aromatic heterocycles. The number of cyclic esters (lactones) is 1. The largest absolute Gasteiger partial charge is 0.497 e. The molecule has 8 heteroatoms. The van der Waals surface area contributed by atoms with Crippen molar-refractivity contribution in [2.75, 3.05) is 26.6 Å². The van der Waals surface area contributed by atoms with Crippen molar-refractivity contribution in [2.45, 2.75) is 59.0 Å². The lowest BCUT2D eigenvalue weighted by Gasteiger charge is -2.26. The molecular formula is C25H38O7S. The van der Waals surface area contributed by atoms with Gasteiger partial charge in [-0.05, 0) is 61.3 Å². The minimum Gasteiger partial charge on any atom is -0.497 e. The topological polar surface area (TPSA) is 88.1 Å². The van der Waals surface area contributed by atoms with Gasteiger partial charge in [0, 0.05) is 12.0 Å². The summed E-state index contributed by atoms with van der Waals surface area (Å²) in [6.45, 7) is 8.48. The van der Waals surface area contributed by atoms with Crippen molar-refractivity contribution in [3.05, 3.63) is 35.9 Å². The summed E-state index contributed by atoms with van der Waals surface area (Å²) in [5.41, 5.74) is -0.666. The van der Waals surface area contributed by atoms with Crippen LogP contribution in [0.1, 0.15) is 53.4 Å². The summed E-state index contributed by atoms with van der Waals surface area (Å²) in [5, 5.41) is 0. The van der Waals surface area contributed by atoms with Crippen LogP contribution in [0.25, 0.3) is 0 Å². The van der Waals surface area contributed by atoms with Crippen LogP contribution in [0.4, 0.5) is 0 Å². The molecule has 0 N–H and O–H groups in total. The standard InChI is InChI=1S/C25H38O7S/c1-18(2)13-20(14-19(3)4)7-8-21-15-25(32-24(21)26,17-31-33(6,27)28)16-30-23-11-9-22(29-5)10-12-23/h8-12,18-20H,7,13-17H2,1-6H3/b21-8+. The summed E-state index contributed by atoms with van der Waals surface area (Å²) >= 11 is 0. The molecule has 1 heterocycles. The molecule has 1 unspecified atom stereocenters. The fourth-order valence-corrected chi connectivity index (χ4v) is 4.54. The van der Waals surface area contributed by atoms with Gasteiger partial charge in [-0.1, -0.05) is 33.8 Å². The van der Waals surface area contributed by atoms with Crippen molar-refractivity contribution >= 4 is 16.1 Å². The van der Waals surface area contributed by atoms with Gasteiger partial charge in [0.1, 0.15) is 24.7 Å². The highest BCUT2D eigenvalue weighted by molar-refractivity contribution is 7.85. The third-order valence-corrected chi connectivity index (χ3v) is 6.03. The van der Waals surface area contributed by atoms with Gasteiger partial charge >= 0.3 is 5.97 Å². The molecule has 7 nitrogen and oxygen atoms in total. The van der Waals surface area contributed by atoms with Crippen LogP contribution >= 0.6 is 0 Å². The first-order valence-electron chi connectivity index (χ1n) is 11.4. The second kappa shape index (κ2) is 11.9. The fourth-order valence-electron chi connectivity index (χ4n) is 4.11. The number of benzene rings is 1. The number of hydrogen-bond donors (Lipinski definition) is 0. The number of carbonyl (C=O) groups is 1. The van der Waals surface area contributed by atoms with Crippen LogP contribution in [-0.2, 0) is 23.8 Å². The molecule has 0 amide bonds. The average molecular weight is 483 g/mol. The lowest BCUT2D eigenvalue weighted by atomic mass is 9.86. The molecule has 1 aromatic rings. The zero-order chi connectivity index (χ0) is 24.6. The molecular weight excluding hydrogens is 444 g/mol. The summed E-state index contributed by atoms with van der Waals surface area (Å²) in [5.74, 6) is 2.41. The van der Waals surface area contributed by atoms with E-state index in [1.807, 2.05) is 6.08 Å². The first-order valence-corrected chi connectivity index (χ1v) is 13.3. The van der Waals surface area contributed by atoms with Crippen LogP contribution < -0.4 is 9.47 Å². The molecule has 1 aliphatic heterocycles. The van der Waals surface area contributed by atoms with Gasteiger partial charge in [0.15, 0.2) is 5.60 Å². The Hall–Kier alpha value is -2.06. The zero-order valence-corrected chi connectivity index (χ0v) is 21.4. The molecule has 186 valence electrons. The number of ether oxygens (including phenoxy) is 3. The number of esters is 1. The van der Waals surface area contributed by atoms with Crippen LogP contribution in [0.15, 0.2) is 35.9 Å². The van der Waals surface area contributed by atoms with Crippen molar-refractivity contribution in [2.24, 2.45) is 17.8 Å². The Bertz CT molecular complexity index is 893. The maximum absolute atomic E-state index is 12.7. The van der Waals surface area contributed by atoms with E-state index in [4.69, 9.17) is 18.4 Å². The highest BCUT2D eigenvalue weighted by Crippen LogP contribution is 2.34. The number of rotatable bonds is 13. The molecule has 33 heavy (non-hydrogen) atoms. The number of carbonyl (C=O) groups excluding carboxylic acids is 1. The van der Waals surface area contributed by atoms with Crippen LogP contribution in [-0.4, -0.2) is 46.6 Å². The smallest absolute Gasteiger partial charge is 0.334 e.